The third-order valence-corrected chi connectivity index (χ3v) is 3.91. The minimum atomic E-state index is 0.395. The van der Waals surface area contributed by atoms with Crippen molar-refractivity contribution >= 4 is 17.4 Å². The molecule has 1 aliphatic heterocycles. The molecule has 6 heteroatoms. The average molecular weight is 319 g/mol. The molecule has 1 atom stereocenters. The average Bonchev–Trinajstić information content (AvgIpc) is 2.54. The highest BCUT2D eigenvalue weighted by molar-refractivity contribution is 6.30. The van der Waals surface area contributed by atoms with Crippen LogP contribution in [0.1, 0.15) is 12.5 Å². The number of rotatable bonds is 4. The topological polar surface area (TPSA) is 50.3 Å². The summed E-state index contributed by atoms with van der Waals surface area (Å²) in [7, 11) is 0. The molecule has 1 aliphatic rings. The maximum Gasteiger partial charge on any atom is 0.234 e. The zero-order valence-electron chi connectivity index (χ0n) is 12.5. The van der Waals surface area contributed by atoms with Gasteiger partial charge in [-0.2, -0.15) is 4.98 Å². The van der Waals surface area contributed by atoms with Crippen molar-refractivity contribution in [2.75, 3.05) is 24.5 Å². The predicted molar refractivity (Wildman–Crippen MR) is 87.5 cm³/mol. The SMILES string of the molecule is C[C@H]1CNCCN1c1cncc(OCc2cccc(Cl)c2)n1. The molecule has 5 nitrogen and oxygen atoms in total. The molecule has 22 heavy (non-hydrogen) atoms. The molecule has 3 rings (SSSR count). The van der Waals surface area contributed by atoms with Crippen LogP contribution in [0, 0.1) is 0 Å². The predicted octanol–water partition coefficient (Wildman–Crippen LogP) is 2.51. The van der Waals surface area contributed by atoms with Gasteiger partial charge in [0.05, 0.1) is 12.4 Å². The Morgan fingerprint density at radius 1 is 1.41 bits per heavy atom. The lowest BCUT2D eigenvalue weighted by molar-refractivity contribution is 0.292. The maximum atomic E-state index is 5.97. The molecule has 0 unspecified atom stereocenters. The van der Waals surface area contributed by atoms with Crippen LogP contribution in [-0.2, 0) is 6.61 Å². The summed E-state index contributed by atoms with van der Waals surface area (Å²) < 4.78 is 5.74. The Bertz CT molecular complexity index is 637. The smallest absolute Gasteiger partial charge is 0.234 e. The molecule has 0 amide bonds. The summed E-state index contributed by atoms with van der Waals surface area (Å²) in [4.78, 5) is 11.1. The fraction of sp³-hybridized carbons (Fsp3) is 0.375. The van der Waals surface area contributed by atoms with Gasteiger partial charge in [0.2, 0.25) is 5.88 Å². The lowest BCUT2D eigenvalue weighted by Crippen LogP contribution is -2.50. The van der Waals surface area contributed by atoms with Gasteiger partial charge >= 0.3 is 0 Å². The molecular weight excluding hydrogens is 300 g/mol. The minimum absolute atomic E-state index is 0.395. The Hall–Kier alpha value is -1.85. The summed E-state index contributed by atoms with van der Waals surface area (Å²) >= 11 is 5.97. The molecule has 0 spiro atoms. The normalized spacial score (nSPS) is 18.3. The fourth-order valence-electron chi connectivity index (χ4n) is 2.51. The molecular formula is C16H19ClN4O. The Labute approximate surface area is 135 Å². The third kappa shape index (κ3) is 3.67. The zero-order valence-corrected chi connectivity index (χ0v) is 13.3. The van der Waals surface area contributed by atoms with Crippen molar-refractivity contribution < 1.29 is 4.74 Å². The van der Waals surface area contributed by atoms with Crippen molar-refractivity contribution in [3.05, 3.63) is 47.2 Å². The summed E-state index contributed by atoms with van der Waals surface area (Å²) in [5.74, 6) is 1.39. The number of aromatic nitrogens is 2. The van der Waals surface area contributed by atoms with E-state index < -0.39 is 0 Å². The lowest BCUT2D eigenvalue weighted by Gasteiger charge is -2.34. The molecule has 1 N–H and O–H groups in total. The first-order valence-corrected chi connectivity index (χ1v) is 7.77. The largest absolute Gasteiger partial charge is 0.472 e. The van der Waals surface area contributed by atoms with Crippen LogP contribution < -0.4 is 15.0 Å². The van der Waals surface area contributed by atoms with E-state index in [1.165, 1.54) is 0 Å². The highest BCUT2D eigenvalue weighted by Crippen LogP contribution is 2.19. The summed E-state index contributed by atoms with van der Waals surface area (Å²) in [6.07, 6.45) is 3.43. The molecule has 1 aromatic carbocycles. The summed E-state index contributed by atoms with van der Waals surface area (Å²) in [6.45, 7) is 5.44. The molecule has 0 saturated carbocycles. The van der Waals surface area contributed by atoms with Gasteiger partial charge in [0.25, 0.3) is 0 Å². The molecule has 1 aromatic heterocycles. The molecule has 0 bridgehead atoms. The van der Waals surface area contributed by atoms with Crippen LogP contribution in [0.4, 0.5) is 5.82 Å². The molecule has 116 valence electrons. The Kier molecular flexibility index (Phi) is 4.75. The van der Waals surface area contributed by atoms with E-state index in [0.717, 1.165) is 31.0 Å². The Balaban J connectivity index is 1.68. The van der Waals surface area contributed by atoms with Gasteiger partial charge in [-0.3, -0.25) is 4.98 Å². The summed E-state index contributed by atoms with van der Waals surface area (Å²) in [5.41, 5.74) is 1.01. The van der Waals surface area contributed by atoms with Crippen molar-refractivity contribution in [2.45, 2.75) is 19.6 Å². The van der Waals surface area contributed by atoms with Gasteiger partial charge in [-0.25, -0.2) is 0 Å². The number of piperazine rings is 1. The molecule has 1 fully saturated rings. The lowest BCUT2D eigenvalue weighted by atomic mass is 10.2. The van der Waals surface area contributed by atoms with Crippen LogP contribution in [0.5, 0.6) is 5.88 Å². The molecule has 1 saturated heterocycles. The maximum absolute atomic E-state index is 5.97. The van der Waals surface area contributed by atoms with Gasteiger partial charge in [-0.05, 0) is 24.6 Å². The van der Waals surface area contributed by atoms with Gasteiger partial charge in [-0.15, -0.1) is 0 Å². The summed E-state index contributed by atoms with van der Waals surface area (Å²) in [6, 6.07) is 8.01. The van der Waals surface area contributed by atoms with E-state index in [1.807, 2.05) is 24.3 Å². The van der Waals surface area contributed by atoms with Gasteiger partial charge in [-0.1, -0.05) is 23.7 Å². The number of anilines is 1. The van der Waals surface area contributed by atoms with Crippen LogP contribution in [0.15, 0.2) is 36.7 Å². The second kappa shape index (κ2) is 6.94. The second-order valence-corrected chi connectivity index (χ2v) is 5.82. The number of nitrogens with one attached hydrogen (secondary N) is 1. The fourth-order valence-corrected chi connectivity index (χ4v) is 2.72. The van der Waals surface area contributed by atoms with Gasteiger partial charge in [0.15, 0.2) is 5.82 Å². The van der Waals surface area contributed by atoms with Gasteiger partial charge < -0.3 is 15.0 Å². The molecule has 0 aliphatic carbocycles. The van der Waals surface area contributed by atoms with Crippen molar-refractivity contribution in [1.29, 1.82) is 0 Å². The van der Waals surface area contributed by atoms with Crippen LogP contribution in [0.2, 0.25) is 5.02 Å². The number of halogens is 1. The first-order valence-electron chi connectivity index (χ1n) is 7.39. The number of benzene rings is 1. The second-order valence-electron chi connectivity index (χ2n) is 5.38. The highest BCUT2D eigenvalue weighted by atomic mass is 35.5. The van der Waals surface area contributed by atoms with E-state index in [-0.39, 0.29) is 0 Å². The van der Waals surface area contributed by atoms with Crippen molar-refractivity contribution in [1.82, 2.24) is 15.3 Å². The number of ether oxygens (including phenoxy) is 1. The monoisotopic (exact) mass is 318 g/mol. The number of nitrogens with zero attached hydrogens (tertiary/aromatic N) is 3. The van der Waals surface area contributed by atoms with Gasteiger partial charge in [0.1, 0.15) is 6.61 Å². The van der Waals surface area contributed by atoms with E-state index in [4.69, 9.17) is 16.3 Å². The molecule has 2 aromatic rings. The van der Waals surface area contributed by atoms with E-state index in [9.17, 15) is 0 Å². The van der Waals surface area contributed by atoms with E-state index in [2.05, 4.69) is 27.1 Å². The number of hydrogen-bond acceptors (Lipinski definition) is 5. The zero-order chi connectivity index (χ0) is 15.4. The van der Waals surface area contributed by atoms with Crippen LogP contribution in [-0.4, -0.2) is 35.6 Å². The van der Waals surface area contributed by atoms with Crippen molar-refractivity contribution in [3.8, 4) is 5.88 Å². The van der Waals surface area contributed by atoms with Crippen LogP contribution in [0.25, 0.3) is 0 Å². The Morgan fingerprint density at radius 2 is 2.32 bits per heavy atom. The van der Waals surface area contributed by atoms with E-state index in [0.29, 0.717) is 23.6 Å². The van der Waals surface area contributed by atoms with Crippen LogP contribution >= 0.6 is 11.6 Å². The van der Waals surface area contributed by atoms with Crippen LogP contribution in [0.3, 0.4) is 0 Å². The minimum Gasteiger partial charge on any atom is -0.472 e. The van der Waals surface area contributed by atoms with Crippen molar-refractivity contribution in [2.24, 2.45) is 0 Å². The van der Waals surface area contributed by atoms with E-state index >= 15 is 0 Å². The standard InChI is InChI=1S/C16H19ClN4O/c1-12-8-18-5-6-21(12)15-9-19-10-16(20-15)22-11-13-3-2-4-14(17)7-13/h2-4,7,9-10,12,18H,5-6,8,11H2,1H3/t12-/m0/s1. The quantitative estimate of drug-likeness (QED) is 0.938. The molecule has 2 heterocycles. The Morgan fingerprint density at radius 3 is 3.14 bits per heavy atom. The third-order valence-electron chi connectivity index (χ3n) is 3.67. The highest BCUT2D eigenvalue weighted by Gasteiger charge is 2.19. The molecule has 0 radical (unpaired) electrons. The first kappa shape index (κ1) is 15.1. The number of hydrogen-bond donors (Lipinski definition) is 1. The first-order chi connectivity index (χ1) is 10.7. The van der Waals surface area contributed by atoms with E-state index in [1.54, 1.807) is 12.4 Å². The van der Waals surface area contributed by atoms with Gasteiger partial charge in [0, 0.05) is 30.7 Å². The summed E-state index contributed by atoms with van der Waals surface area (Å²) in [5, 5.41) is 4.07. The van der Waals surface area contributed by atoms with Crippen molar-refractivity contribution in [3.63, 3.8) is 0 Å².